The highest BCUT2D eigenvalue weighted by Crippen LogP contribution is 2.54. The van der Waals surface area contributed by atoms with Crippen molar-refractivity contribution in [1.29, 1.82) is 0 Å². The van der Waals surface area contributed by atoms with Gasteiger partial charge in [-0.25, -0.2) is 13.6 Å². The molecule has 0 fully saturated rings. The van der Waals surface area contributed by atoms with E-state index in [0.717, 1.165) is 16.8 Å². The largest absolute Gasteiger partial charge is 0.496 e. The van der Waals surface area contributed by atoms with Crippen molar-refractivity contribution < 1.29 is 22.7 Å². The topological polar surface area (TPSA) is 101 Å². The Bertz CT molecular complexity index is 1530. The number of benzene rings is 3. The first-order valence-corrected chi connectivity index (χ1v) is 11.6. The van der Waals surface area contributed by atoms with Gasteiger partial charge in [-0.2, -0.15) is 0 Å². The zero-order valence-corrected chi connectivity index (χ0v) is 18.7. The van der Waals surface area contributed by atoms with Crippen LogP contribution in [0, 0.1) is 0 Å². The standard InChI is InChI=1S/C25H20N2O5S/c1-31-22-14-23(32-2)19(25-24-18-5-3-4-6-20(18)27(24)25)13-16(22)9-12-21(28)15-7-10-17(11-8-15)33(26,29)30/h3-14H,1-2H3,(H2,26,29,30)/b12-9+. The Labute approximate surface area is 190 Å². The Kier molecular flexibility index (Phi) is 4.84. The lowest BCUT2D eigenvalue weighted by Crippen LogP contribution is -2.12. The predicted octanol–water partition coefficient (Wildman–Crippen LogP) is 4.17. The van der Waals surface area contributed by atoms with Crippen LogP contribution in [0.1, 0.15) is 15.9 Å². The summed E-state index contributed by atoms with van der Waals surface area (Å²) >= 11 is 0. The normalized spacial score (nSPS) is 12.3. The number of allylic oxidation sites excluding steroid dienone is 1. The fraction of sp³-hybridized carbons (Fsp3) is 0.0800. The number of fused-ring (bicyclic) bond motifs is 4. The SMILES string of the molecule is COc1cc(OC)c(-c2c3c4ccccc4n2-3)cc1/C=C/C(=O)c1ccc(S(N)(=O)=O)cc1. The molecule has 0 unspecified atom stereocenters. The van der Waals surface area contributed by atoms with Crippen LogP contribution < -0.4 is 14.6 Å². The van der Waals surface area contributed by atoms with Crippen molar-refractivity contribution >= 4 is 32.8 Å². The molecule has 0 atom stereocenters. The third kappa shape index (κ3) is 3.49. The molecule has 2 aliphatic rings. The van der Waals surface area contributed by atoms with Crippen molar-refractivity contribution in [3.8, 4) is 28.4 Å². The van der Waals surface area contributed by atoms with Gasteiger partial charge in [0.15, 0.2) is 5.78 Å². The van der Waals surface area contributed by atoms with Gasteiger partial charge < -0.3 is 14.0 Å². The van der Waals surface area contributed by atoms with Crippen LogP contribution in [0.15, 0.2) is 71.6 Å². The predicted molar refractivity (Wildman–Crippen MR) is 127 cm³/mol. The van der Waals surface area contributed by atoms with Crippen LogP contribution in [0.2, 0.25) is 0 Å². The number of nitrogens with two attached hydrogens (primary N) is 1. The Morgan fingerprint density at radius 2 is 1.67 bits per heavy atom. The van der Waals surface area contributed by atoms with E-state index >= 15 is 0 Å². The minimum absolute atomic E-state index is 0.0471. The number of hydrogen-bond donors (Lipinski definition) is 1. The molecule has 3 aromatic rings. The number of carbonyl (C=O) groups excluding carboxylic acids is 1. The van der Waals surface area contributed by atoms with Crippen LogP contribution in [-0.4, -0.2) is 33.0 Å². The Morgan fingerprint density at radius 3 is 2.30 bits per heavy atom. The molecular weight excluding hydrogens is 440 g/mol. The molecule has 7 nitrogen and oxygen atoms in total. The highest BCUT2D eigenvalue weighted by atomic mass is 32.2. The summed E-state index contributed by atoms with van der Waals surface area (Å²) in [5, 5.41) is 6.32. The number of methoxy groups -OCH3 is 2. The zero-order valence-electron chi connectivity index (χ0n) is 17.9. The van der Waals surface area contributed by atoms with E-state index in [0.29, 0.717) is 22.6 Å². The quantitative estimate of drug-likeness (QED) is 0.290. The number of carbonyl (C=O) groups is 1. The van der Waals surface area contributed by atoms with Gasteiger partial charge in [0.1, 0.15) is 11.5 Å². The van der Waals surface area contributed by atoms with Crippen molar-refractivity contribution in [3.63, 3.8) is 0 Å². The molecule has 0 radical (unpaired) electrons. The van der Waals surface area contributed by atoms with Crippen LogP contribution in [0.5, 0.6) is 11.5 Å². The summed E-state index contributed by atoms with van der Waals surface area (Å²) < 4.78 is 36.1. The third-order valence-corrected chi connectivity index (χ3v) is 6.64. The van der Waals surface area contributed by atoms with Crippen LogP contribution in [0.3, 0.4) is 0 Å². The fourth-order valence-electron chi connectivity index (χ4n) is 4.03. The van der Waals surface area contributed by atoms with Crippen LogP contribution >= 0.6 is 0 Å². The number of ketones is 1. The molecule has 3 aromatic carbocycles. The van der Waals surface area contributed by atoms with E-state index in [1.807, 2.05) is 18.2 Å². The monoisotopic (exact) mass is 460 g/mol. The zero-order chi connectivity index (χ0) is 23.3. The molecule has 2 N–H and O–H groups in total. The molecule has 2 aliphatic heterocycles. The molecule has 8 heteroatoms. The van der Waals surface area contributed by atoms with Gasteiger partial charge in [0, 0.05) is 28.1 Å². The van der Waals surface area contributed by atoms with Crippen LogP contribution in [0.4, 0.5) is 0 Å². The van der Waals surface area contributed by atoms with Crippen molar-refractivity contribution in [2.45, 2.75) is 4.90 Å². The Balaban J connectivity index is 1.50. The van der Waals surface area contributed by atoms with Gasteiger partial charge in [0.2, 0.25) is 10.0 Å². The van der Waals surface area contributed by atoms with Crippen molar-refractivity contribution in [1.82, 2.24) is 4.57 Å². The first-order chi connectivity index (χ1) is 15.8. The molecular formula is C25H20N2O5S. The van der Waals surface area contributed by atoms with E-state index in [2.05, 4.69) is 16.7 Å². The number of ether oxygens (including phenoxy) is 2. The minimum Gasteiger partial charge on any atom is -0.496 e. The summed E-state index contributed by atoms with van der Waals surface area (Å²) in [6.07, 6.45) is 3.10. The van der Waals surface area contributed by atoms with E-state index in [9.17, 15) is 13.2 Å². The van der Waals surface area contributed by atoms with E-state index in [1.165, 1.54) is 41.4 Å². The van der Waals surface area contributed by atoms with Gasteiger partial charge >= 0.3 is 0 Å². The highest BCUT2D eigenvalue weighted by Gasteiger charge is 2.35. The first-order valence-electron chi connectivity index (χ1n) is 10.1. The number of nitrogens with zero attached hydrogens (tertiary/aromatic N) is 1. The number of sulfonamides is 1. The van der Waals surface area contributed by atoms with E-state index in [-0.39, 0.29) is 10.7 Å². The minimum atomic E-state index is -3.81. The highest BCUT2D eigenvalue weighted by molar-refractivity contribution is 7.89. The first kappa shape index (κ1) is 21.0. The summed E-state index contributed by atoms with van der Waals surface area (Å²) in [4.78, 5) is 12.6. The lowest BCUT2D eigenvalue weighted by molar-refractivity contribution is 0.104. The van der Waals surface area contributed by atoms with Gasteiger partial charge in [-0.1, -0.05) is 18.2 Å². The van der Waals surface area contributed by atoms with Gasteiger partial charge in [0.25, 0.3) is 0 Å². The lowest BCUT2D eigenvalue weighted by Gasteiger charge is -2.11. The number of primary sulfonamides is 1. The summed E-state index contributed by atoms with van der Waals surface area (Å²) in [5.41, 5.74) is 5.39. The van der Waals surface area contributed by atoms with E-state index < -0.39 is 10.0 Å². The number of hydrogen-bond acceptors (Lipinski definition) is 5. The summed E-state index contributed by atoms with van der Waals surface area (Å²) in [7, 11) is -0.644. The summed E-state index contributed by atoms with van der Waals surface area (Å²) in [6.45, 7) is 0. The van der Waals surface area contributed by atoms with Gasteiger partial charge in [-0.3, -0.25) is 4.79 Å². The second-order valence-electron chi connectivity index (χ2n) is 7.61. The average Bonchev–Trinajstić information content (AvgIpc) is 3.48. The van der Waals surface area contributed by atoms with Crippen molar-refractivity contribution in [2.75, 3.05) is 14.2 Å². The lowest BCUT2D eigenvalue weighted by atomic mass is 10.0. The number of para-hydroxylation sites is 1. The molecule has 0 aliphatic carbocycles. The maximum absolute atomic E-state index is 12.6. The van der Waals surface area contributed by atoms with E-state index in [1.54, 1.807) is 26.4 Å². The molecule has 0 amide bonds. The maximum Gasteiger partial charge on any atom is 0.238 e. The number of rotatable bonds is 7. The smallest absolute Gasteiger partial charge is 0.238 e. The van der Waals surface area contributed by atoms with Gasteiger partial charge in [0.05, 0.1) is 36.0 Å². The molecule has 33 heavy (non-hydrogen) atoms. The van der Waals surface area contributed by atoms with Gasteiger partial charge in [-0.15, -0.1) is 0 Å². The van der Waals surface area contributed by atoms with E-state index in [4.69, 9.17) is 14.6 Å². The molecule has 0 saturated carbocycles. The summed E-state index contributed by atoms with van der Waals surface area (Å²) in [6, 6.07) is 17.4. The molecule has 166 valence electrons. The molecule has 5 rings (SSSR count). The maximum atomic E-state index is 12.6. The second kappa shape index (κ2) is 7.61. The third-order valence-electron chi connectivity index (χ3n) is 5.71. The molecule has 2 heterocycles. The molecule has 0 spiro atoms. The second-order valence-corrected chi connectivity index (χ2v) is 9.17. The fourth-order valence-corrected chi connectivity index (χ4v) is 4.54. The van der Waals surface area contributed by atoms with Crippen molar-refractivity contribution in [2.24, 2.45) is 5.14 Å². The molecule has 0 bridgehead atoms. The van der Waals surface area contributed by atoms with Gasteiger partial charge in [-0.05, 0) is 48.6 Å². The Morgan fingerprint density at radius 1 is 0.970 bits per heavy atom. The summed E-state index contributed by atoms with van der Waals surface area (Å²) in [5.74, 6) is 0.965. The van der Waals surface area contributed by atoms with Crippen LogP contribution in [0.25, 0.3) is 33.9 Å². The molecule has 0 saturated heterocycles. The Hall–Kier alpha value is -3.88. The van der Waals surface area contributed by atoms with Crippen LogP contribution in [-0.2, 0) is 10.0 Å². The molecule has 0 aromatic heterocycles. The average molecular weight is 461 g/mol. The van der Waals surface area contributed by atoms with Crippen molar-refractivity contribution in [3.05, 3.63) is 77.9 Å². The number of aromatic nitrogens is 1.